The van der Waals surface area contributed by atoms with Crippen molar-refractivity contribution < 1.29 is 19.2 Å². The van der Waals surface area contributed by atoms with Gasteiger partial charge in [0.1, 0.15) is 5.75 Å². The van der Waals surface area contributed by atoms with Crippen molar-refractivity contribution in [2.75, 3.05) is 43.1 Å². The fourth-order valence-corrected chi connectivity index (χ4v) is 4.21. The van der Waals surface area contributed by atoms with E-state index in [0.29, 0.717) is 11.4 Å². The SMILES string of the molecule is COc1ccc(N2C(=O)C[C@@H]([NH+]3CCN(c4cccc(Cl)c4)CC3)C2=O)cc1. The molecule has 1 atom stereocenters. The minimum atomic E-state index is -0.309. The summed E-state index contributed by atoms with van der Waals surface area (Å²) in [6, 6.07) is 14.5. The maximum atomic E-state index is 13.0. The first-order chi connectivity index (χ1) is 13.6. The first-order valence-corrected chi connectivity index (χ1v) is 9.80. The summed E-state index contributed by atoms with van der Waals surface area (Å²) in [5.41, 5.74) is 1.70. The number of nitrogens with zero attached hydrogens (tertiary/aromatic N) is 2. The molecular weight excluding hydrogens is 378 g/mol. The highest BCUT2D eigenvalue weighted by Gasteiger charge is 2.46. The van der Waals surface area contributed by atoms with E-state index < -0.39 is 0 Å². The van der Waals surface area contributed by atoms with E-state index in [9.17, 15) is 9.59 Å². The monoisotopic (exact) mass is 400 g/mol. The van der Waals surface area contributed by atoms with Gasteiger partial charge in [0.05, 0.1) is 45.4 Å². The zero-order valence-corrected chi connectivity index (χ0v) is 16.5. The third kappa shape index (κ3) is 3.57. The van der Waals surface area contributed by atoms with Crippen molar-refractivity contribution in [1.29, 1.82) is 0 Å². The van der Waals surface area contributed by atoms with E-state index in [0.717, 1.165) is 36.9 Å². The van der Waals surface area contributed by atoms with Crippen LogP contribution in [-0.2, 0) is 9.59 Å². The molecule has 6 nitrogen and oxygen atoms in total. The number of rotatable bonds is 4. The standard InChI is InChI=1S/C21H22ClN3O3/c1-28-18-7-5-16(6-8-18)25-20(26)14-19(21(25)27)24-11-9-23(10-12-24)17-4-2-3-15(22)13-17/h2-8,13,19H,9-12,14H2,1H3/p+1/t19-/m1/s1. The number of carbonyl (C=O) groups excluding carboxylic acids is 2. The molecule has 1 N–H and O–H groups in total. The van der Waals surface area contributed by atoms with Crippen molar-refractivity contribution >= 4 is 34.8 Å². The Balaban J connectivity index is 1.43. The van der Waals surface area contributed by atoms with Crippen molar-refractivity contribution in [2.24, 2.45) is 0 Å². The van der Waals surface area contributed by atoms with Gasteiger partial charge in [-0.3, -0.25) is 9.59 Å². The summed E-state index contributed by atoms with van der Waals surface area (Å²) in [6.45, 7) is 3.28. The number of amides is 2. The fraction of sp³-hybridized carbons (Fsp3) is 0.333. The average molecular weight is 401 g/mol. The maximum Gasteiger partial charge on any atom is 0.292 e. The zero-order valence-electron chi connectivity index (χ0n) is 15.7. The molecule has 0 spiro atoms. The van der Waals surface area contributed by atoms with Gasteiger partial charge in [0.25, 0.3) is 5.91 Å². The van der Waals surface area contributed by atoms with Gasteiger partial charge in [-0.2, -0.15) is 0 Å². The number of hydrogen-bond donors (Lipinski definition) is 1. The topological polar surface area (TPSA) is 54.3 Å². The summed E-state index contributed by atoms with van der Waals surface area (Å²) in [6.07, 6.45) is 0.261. The quantitative estimate of drug-likeness (QED) is 0.788. The molecule has 0 aromatic heterocycles. The van der Waals surface area contributed by atoms with Gasteiger partial charge in [0.15, 0.2) is 6.04 Å². The van der Waals surface area contributed by atoms with Crippen molar-refractivity contribution in [3.8, 4) is 5.75 Å². The average Bonchev–Trinajstić information content (AvgIpc) is 3.02. The summed E-state index contributed by atoms with van der Waals surface area (Å²) in [4.78, 5) is 30.3. The molecule has 2 aliphatic heterocycles. The molecular formula is C21H23ClN3O3+. The van der Waals surface area contributed by atoms with Gasteiger partial charge in [0.2, 0.25) is 5.91 Å². The van der Waals surface area contributed by atoms with Crippen LogP contribution >= 0.6 is 11.6 Å². The van der Waals surface area contributed by atoms with Gasteiger partial charge in [-0.15, -0.1) is 0 Å². The van der Waals surface area contributed by atoms with Crippen LogP contribution in [0.25, 0.3) is 0 Å². The minimum Gasteiger partial charge on any atom is -0.497 e. The van der Waals surface area contributed by atoms with Gasteiger partial charge < -0.3 is 14.5 Å². The number of halogens is 1. The lowest BCUT2D eigenvalue weighted by atomic mass is 10.1. The van der Waals surface area contributed by atoms with Crippen LogP contribution in [0.5, 0.6) is 5.75 Å². The Kier molecular flexibility index (Phi) is 5.24. The lowest BCUT2D eigenvalue weighted by Gasteiger charge is -2.35. The number of benzene rings is 2. The molecule has 2 amide bonds. The minimum absolute atomic E-state index is 0.110. The Bertz CT molecular complexity index is 879. The number of hydrogen-bond acceptors (Lipinski definition) is 4. The van der Waals surface area contributed by atoms with Crippen molar-refractivity contribution in [3.05, 3.63) is 53.6 Å². The van der Waals surface area contributed by atoms with Gasteiger partial charge >= 0.3 is 0 Å². The molecule has 2 fully saturated rings. The number of piperazine rings is 1. The van der Waals surface area contributed by atoms with E-state index in [2.05, 4.69) is 4.90 Å². The number of quaternary nitrogens is 1. The molecule has 0 aliphatic carbocycles. The van der Waals surface area contributed by atoms with Gasteiger partial charge in [-0.1, -0.05) is 17.7 Å². The van der Waals surface area contributed by atoms with Crippen LogP contribution in [0.15, 0.2) is 48.5 Å². The third-order valence-corrected chi connectivity index (χ3v) is 5.78. The highest BCUT2D eigenvalue weighted by Crippen LogP contribution is 2.25. The first-order valence-electron chi connectivity index (χ1n) is 9.43. The normalized spacial score (nSPS) is 20.7. The van der Waals surface area contributed by atoms with Gasteiger partial charge in [0, 0.05) is 10.7 Å². The van der Waals surface area contributed by atoms with Crippen molar-refractivity contribution in [2.45, 2.75) is 12.5 Å². The Hall–Kier alpha value is -2.57. The van der Waals surface area contributed by atoms with E-state index >= 15 is 0 Å². The molecule has 7 heteroatoms. The fourth-order valence-electron chi connectivity index (χ4n) is 4.03. The molecule has 2 aromatic carbocycles. The first kappa shape index (κ1) is 18.8. The predicted molar refractivity (Wildman–Crippen MR) is 108 cm³/mol. The van der Waals surface area contributed by atoms with Crippen LogP contribution in [0.2, 0.25) is 5.02 Å². The highest BCUT2D eigenvalue weighted by molar-refractivity contribution is 6.30. The maximum absolute atomic E-state index is 13.0. The molecule has 2 aromatic rings. The summed E-state index contributed by atoms with van der Waals surface area (Å²) in [5.74, 6) is 0.452. The number of nitrogens with one attached hydrogen (secondary N) is 1. The third-order valence-electron chi connectivity index (χ3n) is 5.55. The van der Waals surface area contributed by atoms with Crippen LogP contribution in [0.3, 0.4) is 0 Å². The molecule has 2 aliphatic rings. The second kappa shape index (κ2) is 7.81. The van der Waals surface area contributed by atoms with Gasteiger partial charge in [-0.25, -0.2) is 4.90 Å². The molecule has 146 valence electrons. The highest BCUT2D eigenvalue weighted by atomic mass is 35.5. The molecule has 4 rings (SSSR count). The smallest absolute Gasteiger partial charge is 0.292 e. The second-order valence-corrected chi connectivity index (χ2v) is 7.58. The predicted octanol–water partition coefficient (Wildman–Crippen LogP) is 1.39. The number of methoxy groups -OCH3 is 1. The Morgan fingerprint density at radius 1 is 1.04 bits per heavy atom. The number of imide groups is 1. The summed E-state index contributed by atoms with van der Waals surface area (Å²) >= 11 is 6.10. The molecule has 2 heterocycles. The second-order valence-electron chi connectivity index (χ2n) is 7.15. The van der Waals surface area contributed by atoms with Crippen LogP contribution < -0.4 is 19.4 Å². The number of carbonyl (C=O) groups is 2. The molecule has 0 saturated carbocycles. The summed E-state index contributed by atoms with van der Waals surface area (Å²) < 4.78 is 5.15. The molecule has 2 saturated heterocycles. The lowest BCUT2D eigenvalue weighted by molar-refractivity contribution is -0.915. The molecule has 0 bridgehead atoms. The lowest BCUT2D eigenvalue weighted by Crippen LogP contribution is -3.19. The molecule has 0 unspecified atom stereocenters. The number of ether oxygens (including phenoxy) is 1. The van der Waals surface area contributed by atoms with Crippen LogP contribution in [0.1, 0.15) is 6.42 Å². The van der Waals surface area contributed by atoms with Gasteiger partial charge in [-0.05, 0) is 42.5 Å². The van der Waals surface area contributed by atoms with Crippen molar-refractivity contribution in [3.63, 3.8) is 0 Å². The van der Waals surface area contributed by atoms with E-state index in [-0.39, 0.29) is 24.3 Å². The van der Waals surface area contributed by atoms with E-state index in [1.54, 1.807) is 31.4 Å². The van der Waals surface area contributed by atoms with Crippen LogP contribution in [-0.4, -0.2) is 51.1 Å². The zero-order chi connectivity index (χ0) is 19.7. The van der Waals surface area contributed by atoms with Crippen molar-refractivity contribution in [1.82, 2.24) is 0 Å². The summed E-state index contributed by atoms with van der Waals surface area (Å²) in [5, 5.41) is 0.721. The Labute approximate surface area is 169 Å². The van der Waals surface area contributed by atoms with Crippen LogP contribution in [0.4, 0.5) is 11.4 Å². The Morgan fingerprint density at radius 2 is 1.75 bits per heavy atom. The van der Waals surface area contributed by atoms with Crippen LogP contribution in [0, 0.1) is 0 Å². The molecule has 0 radical (unpaired) electrons. The number of anilines is 2. The summed E-state index contributed by atoms with van der Waals surface area (Å²) in [7, 11) is 1.59. The largest absolute Gasteiger partial charge is 0.497 e. The van der Waals surface area contributed by atoms with E-state index in [4.69, 9.17) is 16.3 Å². The van der Waals surface area contributed by atoms with E-state index in [1.165, 1.54) is 9.80 Å². The molecule has 28 heavy (non-hydrogen) atoms. The van der Waals surface area contributed by atoms with E-state index in [1.807, 2.05) is 24.3 Å². The Morgan fingerprint density at radius 3 is 2.39 bits per heavy atom.